The summed E-state index contributed by atoms with van der Waals surface area (Å²) in [6, 6.07) is 0. The van der Waals surface area contributed by atoms with Crippen LogP contribution in [0.15, 0.2) is 6.20 Å². The number of pyridine rings is 1. The average molecular weight is 203 g/mol. The molecule has 0 bridgehead atoms. The molecule has 3 nitrogen and oxygen atoms in total. The van der Waals surface area contributed by atoms with Gasteiger partial charge in [0.15, 0.2) is 11.5 Å². The molecule has 0 aromatic carbocycles. The summed E-state index contributed by atoms with van der Waals surface area (Å²) in [5.41, 5.74) is 0.0319. The summed E-state index contributed by atoms with van der Waals surface area (Å²) in [6.45, 7) is 1.50. The van der Waals surface area contributed by atoms with Crippen molar-refractivity contribution < 1.29 is 18.3 Å². The van der Waals surface area contributed by atoms with Crippen LogP contribution < -0.4 is 9.47 Å². The number of methoxy groups -OCH3 is 2. The van der Waals surface area contributed by atoms with Crippen molar-refractivity contribution in [1.29, 1.82) is 0 Å². The van der Waals surface area contributed by atoms with Crippen LogP contribution in [-0.2, 0) is 0 Å². The lowest BCUT2D eigenvalue weighted by Gasteiger charge is -2.13. The van der Waals surface area contributed by atoms with E-state index in [1.165, 1.54) is 27.3 Å². The normalized spacial score (nSPS) is 10.4. The van der Waals surface area contributed by atoms with Crippen molar-refractivity contribution in [2.75, 3.05) is 14.2 Å². The maximum atomic E-state index is 12.6. The molecular weight excluding hydrogens is 192 g/mol. The lowest BCUT2D eigenvalue weighted by molar-refractivity contribution is 0.144. The second-order valence-corrected chi connectivity index (χ2v) is 2.66. The van der Waals surface area contributed by atoms with E-state index in [-0.39, 0.29) is 22.8 Å². The molecule has 0 fully saturated rings. The van der Waals surface area contributed by atoms with Gasteiger partial charge in [0.05, 0.1) is 31.7 Å². The monoisotopic (exact) mass is 203 g/mol. The van der Waals surface area contributed by atoms with E-state index in [9.17, 15) is 8.78 Å². The molecule has 0 unspecified atom stereocenters. The topological polar surface area (TPSA) is 31.4 Å². The third-order valence-corrected chi connectivity index (χ3v) is 1.88. The molecule has 0 atom stereocenters. The molecule has 0 saturated carbocycles. The first kappa shape index (κ1) is 10.7. The number of halogens is 2. The fraction of sp³-hybridized carbons (Fsp3) is 0.444. The molecule has 0 radical (unpaired) electrons. The van der Waals surface area contributed by atoms with E-state index in [2.05, 4.69) is 4.98 Å². The predicted octanol–water partition coefficient (Wildman–Crippen LogP) is 2.34. The number of ether oxygens (including phenoxy) is 2. The van der Waals surface area contributed by atoms with Gasteiger partial charge in [-0.3, -0.25) is 4.98 Å². The van der Waals surface area contributed by atoms with E-state index in [0.717, 1.165) is 0 Å². The smallest absolute Gasteiger partial charge is 0.269 e. The number of hydrogen-bond donors (Lipinski definition) is 0. The van der Waals surface area contributed by atoms with Crippen LogP contribution in [-0.4, -0.2) is 19.2 Å². The lowest BCUT2D eigenvalue weighted by Crippen LogP contribution is -2.01. The first-order chi connectivity index (χ1) is 6.61. The number of alkyl halides is 2. The SMILES string of the molecule is COc1cnc(C)c(C(F)F)c1OC. The summed E-state index contributed by atoms with van der Waals surface area (Å²) >= 11 is 0. The van der Waals surface area contributed by atoms with E-state index < -0.39 is 6.43 Å². The Kier molecular flexibility index (Phi) is 3.22. The van der Waals surface area contributed by atoms with Crippen LogP contribution in [0, 0.1) is 6.92 Å². The van der Waals surface area contributed by atoms with Gasteiger partial charge < -0.3 is 9.47 Å². The van der Waals surface area contributed by atoms with Crippen LogP contribution in [0.5, 0.6) is 11.5 Å². The molecule has 1 heterocycles. The van der Waals surface area contributed by atoms with Crippen molar-refractivity contribution in [2.45, 2.75) is 13.3 Å². The van der Waals surface area contributed by atoms with E-state index in [4.69, 9.17) is 9.47 Å². The summed E-state index contributed by atoms with van der Waals surface area (Å²) in [6.07, 6.45) is -1.26. The number of aromatic nitrogens is 1. The van der Waals surface area contributed by atoms with Gasteiger partial charge >= 0.3 is 0 Å². The third kappa shape index (κ3) is 1.76. The summed E-state index contributed by atoms with van der Waals surface area (Å²) in [4.78, 5) is 3.79. The Labute approximate surface area is 80.7 Å². The minimum atomic E-state index is -2.62. The molecular formula is C9H11F2NO2. The van der Waals surface area contributed by atoms with Gasteiger partial charge in [0, 0.05) is 0 Å². The van der Waals surface area contributed by atoms with Crippen LogP contribution >= 0.6 is 0 Å². The number of hydrogen-bond acceptors (Lipinski definition) is 3. The first-order valence-electron chi connectivity index (χ1n) is 3.97. The Bertz CT molecular complexity index is 329. The van der Waals surface area contributed by atoms with Crippen LogP contribution in [0.4, 0.5) is 8.78 Å². The van der Waals surface area contributed by atoms with Gasteiger partial charge in [-0.1, -0.05) is 0 Å². The highest BCUT2D eigenvalue weighted by atomic mass is 19.3. The van der Waals surface area contributed by atoms with Crippen molar-refractivity contribution in [3.05, 3.63) is 17.5 Å². The van der Waals surface area contributed by atoms with Gasteiger partial charge in [-0.2, -0.15) is 0 Å². The fourth-order valence-electron chi connectivity index (χ4n) is 1.19. The third-order valence-electron chi connectivity index (χ3n) is 1.88. The molecule has 0 N–H and O–H groups in total. The molecule has 1 aromatic rings. The Morgan fingerprint density at radius 1 is 1.29 bits per heavy atom. The van der Waals surface area contributed by atoms with Crippen molar-refractivity contribution in [3.63, 3.8) is 0 Å². The zero-order chi connectivity index (χ0) is 10.7. The zero-order valence-corrected chi connectivity index (χ0v) is 8.17. The second kappa shape index (κ2) is 4.21. The van der Waals surface area contributed by atoms with Gasteiger partial charge in [-0.15, -0.1) is 0 Å². The van der Waals surface area contributed by atoms with E-state index in [1.54, 1.807) is 0 Å². The Morgan fingerprint density at radius 3 is 2.36 bits per heavy atom. The predicted molar refractivity (Wildman–Crippen MR) is 47.0 cm³/mol. The quantitative estimate of drug-likeness (QED) is 0.755. The number of nitrogens with zero attached hydrogens (tertiary/aromatic N) is 1. The van der Waals surface area contributed by atoms with Crippen molar-refractivity contribution in [3.8, 4) is 11.5 Å². The number of rotatable bonds is 3. The molecule has 0 aliphatic heterocycles. The van der Waals surface area contributed by atoms with Gasteiger partial charge in [-0.25, -0.2) is 8.78 Å². The largest absolute Gasteiger partial charge is 0.492 e. The summed E-state index contributed by atoms with van der Waals surface area (Å²) in [5.74, 6) is 0.267. The van der Waals surface area contributed by atoms with Gasteiger partial charge in [-0.05, 0) is 6.92 Å². The van der Waals surface area contributed by atoms with Crippen molar-refractivity contribution >= 4 is 0 Å². The lowest BCUT2D eigenvalue weighted by atomic mass is 10.2. The van der Waals surface area contributed by atoms with Crippen LogP contribution in [0.1, 0.15) is 17.7 Å². The molecule has 14 heavy (non-hydrogen) atoms. The Morgan fingerprint density at radius 2 is 1.93 bits per heavy atom. The molecule has 0 aliphatic carbocycles. The minimum Gasteiger partial charge on any atom is -0.492 e. The summed E-state index contributed by atoms with van der Waals surface area (Å²) in [7, 11) is 2.70. The average Bonchev–Trinajstić information content (AvgIpc) is 2.16. The van der Waals surface area contributed by atoms with Crippen LogP contribution in [0.3, 0.4) is 0 Å². The van der Waals surface area contributed by atoms with Gasteiger partial charge in [0.2, 0.25) is 0 Å². The minimum absolute atomic E-state index is 0.0509. The molecule has 0 amide bonds. The molecule has 5 heteroatoms. The highest BCUT2D eigenvalue weighted by Crippen LogP contribution is 2.37. The summed E-state index contributed by atoms with van der Waals surface area (Å²) < 4.78 is 35.0. The fourth-order valence-corrected chi connectivity index (χ4v) is 1.19. The van der Waals surface area contributed by atoms with Crippen molar-refractivity contribution in [2.24, 2.45) is 0 Å². The molecule has 0 aliphatic rings. The molecule has 0 saturated heterocycles. The van der Waals surface area contributed by atoms with E-state index in [1.807, 2.05) is 0 Å². The highest BCUT2D eigenvalue weighted by molar-refractivity contribution is 5.47. The molecule has 1 rings (SSSR count). The summed E-state index contributed by atoms with van der Waals surface area (Å²) in [5, 5.41) is 0. The number of aryl methyl sites for hydroxylation is 1. The van der Waals surface area contributed by atoms with Crippen LogP contribution in [0.2, 0.25) is 0 Å². The Hall–Kier alpha value is -1.39. The first-order valence-corrected chi connectivity index (χ1v) is 3.97. The Balaban J connectivity index is 3.35. The van der Waals surface area contributed by atoms with Crippen LogP contribution in [0.25, 0.3) is 0 Å². The van der Waals surface area contributed by atoms with E-state index >= 15 is 0 Å². The highest BCUT2D eigenvalue weighted by Gasteiger charge is 2.21. The molecule has 0 spiro atoms. The second-order valence-electron chi connectivity index (χ2n) is 2.66. The van der Waals surface area contributed by atoms with Gasteiger partial charge in [0.1, 0.15) is 0 Å². The van der Waals surface area contributed by atoms with Crippen molar-refractivity contribution in [1.82, 2.24) is 4.98 Å². The zero-order valence-electron chi connectivity index (χ0n) is 8.17. The molecule has 78 valence electrons. The maximum absolute atomic E-state index is 12.6. The molecule has 1 aromatic heterocycles. The van der Waals surface area contributed by atoms with E-state index in [0.29, 0.717) is 0 Å². The maximum Gasteiger partial charge on any atom is 0.269 e. The van der Waals surface area contributed by atoms with Gasteiger partial charge in [0.25, 0.3) is 6.43 Å². The standard InChI is InChI=1S/C9H11F2NO2/c1-5-7(9(10)11)8(14-3)6(13-2)4-12-5/h4,9H,1-3H3.